The summed E-state index contributed by atoms with van der Waals surface area (Å²) in [6.07, 6.45) is 0. The van der Waals surface area contributed by atoms with Crippen LogP contribution in [-0.2, 0) is 29.1 Å². The van der Waals surface area contributed by atoms with Crippen LogP contribution in [0, 0.1) is 0 Å². The maximum Gasteiger partial charge on any atom is 0.338 e. The fourth-order valence-corrected chi connectivity index (χ4v) is 5.26. The first kappa shape index (κ1) is 21.9. The van der Waals surface area contributed by atoms with Crippen molar-refractivity contribution in [1.29, 1.82) is 0 Å². The predicted molar refractivity (Wildman–Crippen MR) is 130 cm³/mol. The lowest BCUT2D eigenvalue weighted by Gasteiger charge is -2.22. The predicted octanol–water partition coefficient (Wildman–Crippen LogP) is 5.37. The Labute approximate surface area is 200 Å². The minimum atomic E-state index is -1.58. The molecule has 4 aromatic rings. The number of nitrogens with zero attached hydrogens (tertiary/aromatic N) is 1. The van der Waals surface area contributed by atoms with Crippen molar-refractivity contribution >= 4 is 28.7 Å². The van der Waals surface area contributed by atoms with Gasteiger partial charge < -0.3 is 9.29 Å². The summed E-state index contributed by atoms with van der Waals surface area (Å²) in [6, 6.07) is 30.8. The molecule has 0 aliphatic carbocycles. The van der Waals surface area contributed by atoms with Gasteiger partial charge in [-0.1, -0.05) is 72.8 Å². The van der Waals surface area contributed by atoms with E-state index in [1.54, 1.807) is 47.4 Å². The molecule has 1 heterocycles. The van der Waals surface area contributed by atoms with Gasteiger partial charge in [-0.25, -0.2) is 4.79 Å². The molecule has 0 fully saturated rings. The highest BCUT2D eigenvalue weighted by molar-refractivity contribution is 7.91. The van der Waals surface area contributed by atoms with E-state index in [-0.39, 0.29) is 19.1 Å². The van der Waals surface area contributed by atoms with Crippen molar-refractivity contribution in [3.8, 4) is 0 Å². The number of fused-ring (bicyclic) bond motifs is 2. The number of ether oxygens (including phenoxy) is 1. The van der Waals surface area contributed by atoms with Crippen LogP contribution in [0.25, 0.3) is 0 Å². The molecule has 0 bridgehead atoms. The van der Waals surface area contributed by atoms with Crippen LogP contribution in [-0.4, -0.2) is 16.4 Å². The maximum absolute atomic E-state index is 13.6. The molecule has 1 unspecified atom stereocenters. The molecular formula is C28H21NO4S. The summed E-state index contributed by atoms with van der Waals surface area (Å²) in [4.78, 5) is 29.0. The Morgan fingerprint density at radius 3 is 2.18 bits per heavy atom. The number of anilines is 1. The molecule has 0 saturated heterocycles. The number of amides is 1. The number of benzene rings is 4. The molecule has 1 amide bonds. The molecule has 6 heteroatoms. The average Bonchev–Trinajstić information content (AvgIpc) is 2.98. The normalized spacial score (nSPS) is 14.7. The molecule has 34 heavy (non-hydrogen) atoms. The lowest BCUT2D eigenvalue weighted by atomic mass is 10.1. The average molecular weight is 468 g/mol. The summed E-state index contributed by atoms with van der Waals surface area (Å²) in [5.41, 5.74) is 2.93. The molecule has 0 saturated carbocycles. The lowest BCUT2D eigenvalue weighted by molar-refractivity contribution is 0.0472. The second-order valence-electron chi connectivity index (χ2n) is 7.89. The molecule has 168 valence electrons. The van der Waals surface area contributed by atoms with Crippen molar-refractivity contribution in [2.24, 2.45) is 0 Å². The molecule has 5 rings (SSSR count). The van der Waals surface area contributed by atoms with Crippen molar-refractivity contribution in [2.75, 3.05) is 4.90 Å². The molecule has 0 N–H and O–H groups in total. The monoisotopic (exact) mass is 467 g/mol. The number of hydrogen-bond acceptors (Lipinski definition) is 4. The van der Waals surface area contributed by atoms with Gasteiger partial charge in [-0.2, -0.15) is 0 Å². The number of rotatable bonds is 5. The molecular weight excluding hydrogens is 446 g/mol. The van der Waals surface area contributed by atoms with Crippen LogP contribution >= 0.6 is 0 Å². The van der Waals surface area contributed by atoms with Crippen LogP contribution in [0.4, 0.5) is 5.69 Å². The maximum atomic E-state index is 13.6. The van der Waals surface area contributed by atoms with Crippen LogP contribution in [0.2, 0.25) is 0 Å². The van der Waals surface area contributed by atoms with E-state index in [9.17, 15) is 14.1 Å². The Hall–Kier alpha value is -3.87. The first-order chi connectivity index (χ1) is 16.6. The highest BCUT2D eigenvalue weighted by atomic mass is 32.2. The summed E-state index contributed by atoms with van der Waals surface area (Å²) in [5, 5.41) is 0. The minimum absolute atomic E-state index is 0.140. The van der Waals surface area contributed by atoms with Crippen molar-refractivity contribution < 1.29 is 18.9 Å². The van der Waals surface area contributed by atoms with Crippen molar-refractivity contribution in [3.05, 3.63) is 125 Å². The molecule has 0 spiro atoms. The molecule has 0 radical (unpaired) electrons. The third-order valence-corrected chi connectivity index (χ3v) is 7.14. The quantitative estimate of drug-likeness (QED) is 0.292. The van der Waals surface area contributed by atoms with Gasteiger partial charge in [0.15, 0.2) is 9.79 Å². The zero-order valence-electron chi connectivity index (χ0n) is 18.2. The zero-order valence-corrected chi connectivity index (χ0v) is 19.0. The van der Waals surface area contributed by atoms with E-state index in [0.717, 1.165) is 11.1 Å². The minimum Gasteiger partial charge on any atom is -0.606 e. The fourth-order valence-electron chi connectivity index (χ4n) is 3.92. The summed E-state index contributed by atoms with van der Waals surface area (Å²) < 4.78 is 19.0. The lowest BCUT2D eigenvalue weighted by Crippen LogP contribution is -2.30. The SMILES string of the molecule is O=C(OCc1ccccc1)c1ccc2c(c1)N(Cc1ccccc1)C(=O)c1ccccc1[S+]2[O-]. The van der Waals surface area contributed by atoms with Gasteiger partial charge >= 0.3 is 5.97 Å². The summed E-state index contributed by atoms with van der Waals surface area (Å²) in [5.74, 6) is -0.771. The van der Waals surface area contributed by atoms with E-state index in [0.29, 0.717) is 26.6 Å². The van der Waals surface area contributed by atoms with E-state index in [1.165, 1.54) is 0 Å². The van der Waals surface area contributed by atoms with Crippen LogP contribution in [0.3, 0.4) is 0 Å². The van der Waals surface area contributed by atoms with E-state index < -0.39 is 17.1 Å². The second-order valence-corrected chi connectivity index (χ2v) is 9.30. The van der Waals surface area contributed by atoms with Gasteiger partial charge in [-0.15, -0.1) is 0 Å². The van der Waals surface area contributed by atoms with Crippen LogP contribution in [0.5, 0.6) is 0 Å². The number of carbonyl (C=O) groups is 2. The third kappa shape index (κ3) is 4.33. The number of esters is 1. The molecule has 1 aliphatic rings. The summed E-state index contributed by atoms with van der Waals surface area (Å²) in [6.45, 7) is 0.418. The Morgan fingerprint density at radius 1 is 0.794 bits per heavy atom. The Kier molecular flexibility index (Phi) is 6.16. The highest BCUT2D eigenvalue weighted by Crippen LogP contribution is 2.38. The standard InChI is InChI=1S/C28H21NO4S/c30-27-23-13-7-8-14-25(23)34(32)26-16-15-22(28(31)33-19-21-11-5-2-6-12-21)17-24(26)29(27)18-20-9-3-1-4-10-20/h1-17H,18-19H2. The third-order valence-electron chi connectivity index (χ3n) is 5.64. The van der Waals surface area contributed by atoms with Crippen LogP contribution < -0.4 is 4.90 Å². The molecule has 4 aromatic carbocycles. The van der Waals surface area contributed by atoms with Crippen LogP contribution in [0.15, 0.2) is 113 Å². The Morgan fingerprint density at radius 2 is 1.44 bits per heavy atom. The van der Waals surface area contributed by atoms with E-state index >= 15 is 0 Å². The van der Waals surface area contributed by atoms with Crippen molar-refractivity contribution in [3.63, 3.8) is 0 Å². The van der Waals surface area contributed by atoms with Gasteiger partial charge in [0.2, 0.25) is 0 Å². The second kappa shape index (κ2) is 9.55. The van der Waals surface area contributed by atoms with Crippen molar-refractivity contribution in [1.82, 2.24) is 0 Å². The van der Waals surface area contributed by atoms with E-state index in [4.69, 9.17) is 4.74 Å². The highest BCUT2D eigenvalue weighted by Gasteiger charge is 2.36. The van der Waals surface area contributed by atoms with Gasteiger partial charge in [-0.3, -0.25) is 9.69 Å². The van der Waals surface area contributed by atoms with E-state index in [1.807, 2.05) is 60.7 Å². The van der Waals surface area contributed by atoms with E-state index in [2.05, 4.69) is 0 Å². The largest absolute Gasteiger partial charge is 0.606 e. The van der Waals surface area contributed by atoms with Gasteiger partial charge in [0.1, 0.15) is 12.3 Å². The summed E-state index contributed by atoms with van der Waals surface area (Å²) >= 11 is -1.58. The van der Waals surface area contributed by atoms with Gasteiger partial charge in [-0.05, 0) is 41.5 Å². The number of hydrogen-bond donors (Lipinski definition) is 0. The molecule has 5 nitrogen and oxygen atoms in total. The van der Waals surface area contributed by atoms with Gasteiger partial charge in [0.25, 0.3) is 5.91 Å². The fraction of sp³-hybridized carbons (Fsp3) is 0.0714. The molecule has 0 aromatic heterocycles. The van der Waals surface area contributed by atoms with Gasteiger partial charge in [0.05, 0.1) is 17.7 Å². The first-order valence-electron chi connectivity index (χ1n) is 10.8. The Bertz CT molecular complexity index is 1340. The zero-order chi connectivity index (χ0) is 23.5. The molecule has 1 aliphatic heterocycles. The summed E-state index contributed by atoms with van der Waals surface area (Å²) in [7, 11) is 0. The first-order valence-corrected chi connectivity index (χ1v) is 12.0. The Balaban J connectivity index is 1.53. The van der Waals surface area contributed by atoms with Crippen LogP contribution in [0.1, 0.15) is 31.8 Å². The van der Waals surface area contributed by atoms with Gasteiger partial charge in [0, 0.05) is 11.2 Å². The molecule has 1 atom stereocenters. The smallest absolute Gasteiger partial charge is 0.338 e. The van der Waals surface area contributed by atoms with Crippen molar-refractivity contribution in [2.45, 2.75) is 22.9 Å². The topological polar surface area (TPSA) is 69.7 Å². The number of carbonyl (C=O) groups excluding carboxylic acids is 2.